The first-order chi connectivity index (χ1) is 3.00. The van der Waals surface area contributed by atoms with E-state index in [1.165, 1.54) is 20.8 Å². The second-order valence-corrected chi connectivity index (χ2v) is 2.07. The monoisotopic (exact) mass is 104 g/mol. The third kappa shape index (κ3) is 701. The van der Waals surface area contributed by atoms with Gasteiger partial charge >= 0.3 is 0 Å². The first-order valence-electron chi connectivity index (χ1n) is 2.19. The fourth-order valence-corrected chi connectivity index (χ4v) is 0. The van der Waals surface area contributed by atoms with E-state index in [0.29, 0.717) is 0 Å². The van der Waals surface area contributed by atoms with Crippen LogP contribution in [-0.4, -0.2) is 5.67 Å². The molecular weight excluding hydrogens is 91.1 g/mol. The summed E-state index contributed by atoms with van der Waals surface area (Å²) in [5.41, 5.74) is -1.00. The molecule has 0 aliphatic heterocycles. The highest BCUT2D eigenvalue weighted by Gasteiger charge is 2.01. The van der Waals surface area contributed by atoms with Gasteiger partial charge in [-0.05, 0) is 20.8 Å². The van der Waals surface area contributed by atoms with Crippen LogP contribution < -0.4 is 0 Å². The Bertz CT molecular complexity index is 27.9. The Kier molecular flexibility index (Phi) is 5.40. The van der Waals surface area contributed by atoms with Crippen molar-refractivity contribution >= 4 is 0 Å². The summed E-state index contributed by atoms with van der Waals surface area (Å²) in [5.74, 6) is 0. The molecule has 0 nitrogen and oxygen atoms in total. The SMILES string of the molecule is C=C.CC(C)(C)F. The number of rotatable bonds is 0. The molecule has 0 aliphatic carbocycles. The second kappa shape index (κ2) is 3.85. The van der Waals surface area contributed by atoms with Crippen molar-refractivity contribution in [1.82, 2.24) is 0 Å². The van der Waals surface area contributed by atoms with Gasteiger partial charge in [-0.15, -0.1) is 13.2 Å². The molecule has 0 aliphatic rings. The van der Waals surface area contributed by atoms with Crippen LogP contribution in [0, 0.1) is 0 Å². The highest BCUT2D eigenvalue weighted by Crippen LogP contribution is 2.02. The lowest BCUT2D eigenvalue weighted by atomic mass is 10.2. The minimum Gasteiger partial charge on any atom is -0.245 e. The molecule has 44 valence electrons. The van der Waals surface area contributed by atoms with Crippen LogP contribution in [0.1, 0.15) is 20.8 Å². The summed E-state index contributed by atoms with van der Waals surface area (Å²) in [5, 5.41) is 0. The van der Waals surface area contributed by atoms with Gasteiger partial charge in [0.25, 0.3) is 0 Å². The molecular formula is C6H13F. The number of halogens is 1. The molecule has 0 spiro atoms. The summed E-state index contributed by atoms with van der Waals surface area (Å²) >= 11 is 0. The van der Waals surface area contributed by atoms with Gasteiger partial charge in [0.15, 0.2) is 0 Å². The van der Waals surface area contributed by atoms with Crippen molar-refractivity contribution in [3.05, 3.63) is 13.2 Å². The molecule has 0 unspecified atom stereocenters. The van der Waals surface area contributed by atoms with E-state index in [-0.39, 0.29) is 0 Å². The fourth-order valence-electron chi connectivity index (χ4n) is 0. The number of alkyl halides is 1. The molecule has 1 heteroatoms. The highest BCUT2D eigenvalue weighted by atomic mass is 19.1. The molecule has 0 aromatic carbocycles. The van der Waals surface area contributed by atoms with Crippen LogP contribution in [0.15, 0.2) is 13.2 Å². The Morgan fingerprint density at radius 2 is 1.14 bits per heavy atom. The maximum atomic E-state index is 11.7. The van der Waals surface area contributed by atoms with Crippen molar-refractivity contribution < 1.29 is 4.39 Å². The molecule has 0 bridgehead atoms. The van der Waals surface area contributed by atoms with E-state index < -0.39 is 5.67 Å². The smallest absolute Gasteiger partial charge is 0.102 e. The predicted octanol–water partition coefficient (Wildman–Crippen LogP) is 2.56. The third-order valence-corrected chi connectivity index (χ3v) is 0. The minimum atomic E-state index is -1.00. The lowest BCUT2D eigenvalue weighted by molar-refractivity contribution is 0.246. The molecule has 0 rings (SSSR count). The largest absolute Gasteiger partial charge is 0.245 e. The van der Waals surface area contributed by atoms with Crippen molar-refractivity contribution in [1.29, 1.82) is 0 Å². The molecule has 0 aromatic heterocycles. The standard InChI is InChI=1S/C4H9F.C2H4/c1-4(2,3)5;1-2/h1-3H3;1-2H2. The third-order valence-electron chi connectivity index (χ3n) is 0. The first-order valence-corrected chi connectivity index (χ1v) is 2.19. The molecule has 0 N–H and O–H groups in total. The maximum absolute atomic E-state index is 11.7. The van der Waals surface area contributed by atoms with Crippen LogP contribution in [0.3, 0.4) is 0 Å². The minimum absolute atomic E-state index is 1.00. The van der Waals surface area contributed by atoms with Crippen LogP contribution in [0.2, 0.25) is 0 Å². The van der Waals surface area contributed by atoms with Crippen molar-refractivity contribution in [2.75, 3.05) is 0 Å². The van der Waals surface area contributed by atoms with E-state index in [1.54, 1.807) is 0 Å². The zero-order chi connectivity index (χ0) is 6.50. The molecule has 0 aromatic rings. The average molecular weight is 104 g/mol. The Morgan fingerprint density at radius 3 is 1.14 bits per heavy atom. The second-order valence-electron chi connectivity index (χ2n) is 2.07. The highest BCUT2D eigenvalue weighted by molar-refractivity contribution is 4.52. The zero-order valence-electron chi connectivity index (χ0n) is 5.29. The Balaban J connectivity index is 0. The van der Waals surface area contributed by atoms with Crippen molar-refractivity contribution in [2.24, 2.45) is 0 Å². The molecule has 0 atom stereocenters. The van der Waals surface area contributed by atoms with Gasteiger partial charge in [-0.1, -0.05) is 0 Å². The van der Waals surface area contributed by atoms with Crippen molar-refractivity contribution in [3.8, 4) is 0 Å². The van der Waals surface area contributed by atoms with Gasteiger partial charge in [0.05, 0.1) is 0 Å². The number of hydrogen-bond acceptors (Lipinski definition) is 0. The average Bonchev–Trinajstić information content (AvgIpc) is 1.36. The number of hydrogen-bond donors (Lipinski definition) is 0. The van der Waals surface area contributed by atoms with Gasteiger partial charge in [0, 0.05) is 0 Å². The Labute approximate surface area is 45.0 Å². The van der Waals surface area contributed by atoms with E-state index in [1.807, 2.05) is 0 Å². The maximum Gasteiger partial charge on any atom is 0.102 e. The molecule has 0 heterocycles. The van der Waals surface area contributed by atoms with Gasteiger partial charge in [0.2, 0.25) is 0 Å². The van der Waals surface area contributed by atoms with Gasteiger partial charge in [-0.3, -0.25) is 0 Å². The van der Waals surface area contributed by atoms with Crippen molar-refractivity contribution in [2.45, 2.75) is 26.4 Å². The first kappa shape index (κ1) is 9.83. The lowest BCUT2D eigenvalue weighted by Gasteiger charge is -1.99. The van der Waals surface area contributed by atoms with E-state index in [9.17, 15) is 4.39 Å². The summed E-state index contributed by atoms with van der Waals surface area (Å²) in [6.45, 7) is 10.6. The Hall–Kier alpha value is -0.330. The van der Waals surface area contributed by atoms with Crippen LogP contribution >= 0.6 is 0 Å². The van der Waals surface area contributed by atoms with E-state index in [0.717, 1.165) is 0 Å². The van der Waals surface area contributed by atoms with Gasteiger partial charge in [0.1, 0.15) is 5.67 Å². The van der Waals surface area contributed by atoms with E-state index >= 15 is 0 Å². The fraction of sp³-hybridized carbons (Fsp3) is 0.667. The van der Waals surface area contributed by atoms with Gasteiger partial charge < -0.3 is 0 Å². The van der Waals surface area contributed by atoms with Crippen molar-refractivity contribution in [3.63, 3.8) is 0 Å². The summed E-state index contributed by atoms with van der Waals surface area (Å²) < 4.78 is 11.7. The normalized spacial score (nSPS) is 9.14. The lowest BCUT2D eigenvalue weighted by Crippen LogP contribution is -2.01. The molecule has 0 fully saturated rings. The molecule has 0 amide bonds. The zero-order valence-corrected chi connectivity index (χ0v) is 5.29. The molecule has 0 saturated carbocycles. The predicted molar refractivity (Wildman–Crippen MR) is 32.1 cm³/mol. The van der Waals surface area contributed by atoms with E-state index in [2.05, 4.69) is 13.2 Å². The van der Waals surface area contributed by atoms with Crippen LogP contribution in [0.4, 0.5) is 4.39 Å². The van der Waals surface area contributed by atoms with Crippen LogP contribution in [0.25, 0.3) is 0 Å². The molecule has 7 heavy (non-hydrogen) atoms. The Morgan fingerprint density at radius 1 is 1.14 bits per heavy atom. The summed E-state index contributed by atoms with van der Waals surface area (Å²) in [7, 11) is 0. The van der Waals surface area contributed by atoms with E-state index in [4.69, 9.17) is 0 Å². The summed E-state index contributed by atoms with van der Waals surface area (Å²) in [4.78, 5) is 0. The topological polar surface area (TPSA) is 0 Å². The molecule has 0 radical (unpaired) electrons. The molecule has 0 saturated heterocycles. The van der Waals surface area contributed by atoms with Gasteiger partial charge in [-0.25, -0.2) is 4.39 Å². The van der Waals surface area contributed by atoms with Gasteiger partial charge in [-0.2, -0.15) is 0 Å². The summed E-state index contributed by atoms with van der Waals surface area (Å²) in [6.07, 6.45) is 0. The van der Waals surface area contributed by atoms with Crippen LogP contribution in [-0.2, 0) is 0 Å². The quantitative estimate of drug-likeness (QED) is 0.414. The van der Waals surface area contributed by atoms with Crippen LogP contribution in [0.5, 0.6) is 0 Å². The summed E-state index contributed by atoms with van der Waals surface area (Å²) in [6, 6.07) is 0.